The second kappa shape index (κ2) is 6.19. The number of amides is 1. The Hall–Kier alpha value is -2.08. The number of aromatic nitrogens is 2. The molecule has 0 fully saturated rings. The van der Waals surface area contributed by atoms with E-state index < -0.39 is 0 Å². The minimum atomic E-state index is -0.232. The van der Waals surface area contributed by atoms with Crippen LogP contribution in [-0.2, 0) is 0 Å². The van der Waals surface area contributed by atoms with Crippen LogP contribution in [0.3, 0.4) is 0 Å². The standard InChI is InChI=1S/C13H13N3O2S/c1-2-14-13(18)11-6-7-12(16-15-11)19-10-5-3-4-9(17)8-10/h3-8,17H,2H2,1H3,(H,14,18). The minimum absolute atomic E-state index is 0.205. The number of benzene rings is 1. The molecule has 2 aromatic rings. The van der Waals surface area contributed by atoms with Crippen LogP contribution in [-0.4, -0.2) is 27.8 Å². The lowest BCUT2D eigenvalue weighted by molar-refractivity contribution is 0.0949. The van der Waals surface area contributed by atoms with E-state index in [1.807, 2.05) is 13.0 Å². The molecule has 0 saturated carbocycles. The number of carbonyl (C=O) groups is 1. The number of phenols is 1. The van der Waals surface area contributed by atoms with Crippen LogP contribution in [0.25, 0.3) is 0 Å². The largest absolute Gasteiger partial charge is 0.508 e. The Balaban J connectivity index is 2.08. The Morgan fingerprint density at radius 3 is 2.79 bits per heavy atom. The zero-order chi connectivity index (χ0) is 13.7. The number of carbonyl (C=O) groups excluding carboxylic acids is 1. The molecule has 0 spiro atoms. The van der Waals surface area contributed by atoms with Crippen molar-refractivity contribution in [2.45, 2.75) is 16.8 Å². The lowest BCUT2D eigenvalue weighted by atomic mass is 10.3. The summed E-state index contributed by atoms with van der Waals surface area (Å²) < 4.78 is 0. The predicted octanol–water partition coefficient (Wildman–Crippen LogP) is 2.08. The van der Waals surface area contributed by atoms with Crippen molar-refractivity contribution >= 4 is 17.7 Å². The van der Waals surface area contributed by atoms with Crippen LogP contribution in [0.1, 0.15) is 17.4 Å². The highest BCUT2D eigenvalue weighted by Crippen LogP contribution is 2.27. The van der Waals surface area contributed by atoms with Gasteiger partial charge >= 0.3 is 0 Å². The van der Waals surface area contributed by atoms with E-state index >= 15 is 0 Å². The summed E-state index contributed by atoms with van der Waals surface area (Å²) in [4.78, 5) is 12.4. The maximum Gasteiger partial charge on any atom is 0.271 e. The average molecular weight is 275 g/mol. The summed E-state index contributed by atoms with van der Waals surface area (Å²) in [5.41, 5.74) is 0.294. The first-order chi connectivity index (χ1) is 9.19. The smallest absolute Gasteiger partial charge is 0.271 e. The molecule has 0 atom stereocenters. The van der Waals surface area contributed by atoms with Gasteiger partial charge in [0.1, 0.15) is 10.8 Å². The summed E-state index contributed by atoms with van der Waals surface area (Å²) in [5.74, 6) is -0.0270. The number of hydrogen-bond donors (Lipinski definition) is 2. The summed E-state index contributed by atoms with van der Waals surface area (Å²) in [6, 6.07) is 10.2. The Labute approximate surface area is 115 Å². The monoisotopic (exact) mass is 275 g/mol. The molecular weight excluding hydrogens is 262 g/mol. The van der Waals surface area contributed by atoms with Crippen molar-refractivity contribution in [3.8, 4) is 5.75 Å². The zero-order valence-electron chi connectivity index (χ0n) is 10.3. The molecular formula is C13H13N3O2S. The van der Waals surface area contributed by atoms with Gasteiger partial charge in [-0.05, 0) is 37.3 Å². The molecule has 98 valence electrons. The lowest BCUT2D eigenvalue weighted by Crippen LogP contribution is -2.23. The molecule has 2 N–H and O–H groups in total. The van der Waals surface area contributed by atoms with Gasteiger partial charge in [-0.3, -0.25) is 4.79 Å². The van der Waals surface area contributed by atoms with E-state index in [2.05, 4.69) is 15.5 Å². The minimum Gasteiger partial charge on any atom is -0.508 e. The van der Waals surface area contributed by atoms with E-state index in [0.717, 1.165) is 4.90 Å². The Morgan fingerprint density at radius 2 is 2.16 bits per heavy atom. The highest BCUT2D eigenvalue weighted by molar-refractivity contribution is 7.99. The molecule has 6 heteroatoms. The third-order valence-corrected chi connectivity index (χ3v) is 3.17. The van der Waals surface area contributed by atoms with Crippen molar-refractivity contribution in [2.24, 2.45) is 0 Å². The second-order valence-corrected chi connectivity index (χ2v) is 4.81. The van der Waals surface area contributed by atoms with Crippen LogP contribution in [0.5, 0.6) is 5.75 Å². The zero-order valence-corrected chi connectivity index (χ0v) is 11.1. The number of aromatic hydroxyl groups is 1. The first-order valence-corrected chi connectivity index (χ1v) is 6.59. The van der Waals surface area contributed by atoms with Crippen molar-refractivity contribution < 1.29 is 9.90 Å². The lowest BCUT2D eigenvalue weighted by Gasteiger charge is -2.03. The van der Waals surface area contributed by atoms with Gasteiger partial charge in [-0.1, -0.05) is 17.8 Å². The third kappa shape index (κ3) is 3.69. The van der Waals surface area contributed by atoms with E-state index in [1.165, 1.54) is 11.8 Å². The van der Waals surface area contributed by atoms with Gasteiger partial charge in [0.25, 0.3) is 5.91 Å². The number of nitrogens with zero attached hydrogens (tertiary/aromatic N) is 2. The highest BCUT2D eigenvalue weighted by Gasteiger charge is 2.07. The average Bonchev–Trinajstić information content (AvgIpc) is 2.40. The van der Waals surface area contributed by atoms with Crippen molar-refractivity contribution in [1.82, 2.24) is 15.5 Å². The highest BCUT2D eigenvalue weighted by atomic mass is 32.2. The van der Waals surface area contributed by atoms with Crippen molar-refractivity contribution in [3.05, 3.63) is 42.1 Å². The summed E-state index contributed by atoms with van der Waals surface area (Å²) in [6.45, 7) is 2.40. The first-order valence-electron chi connectivity index (χ1n) is 5.78. The summed E-state index contributed by atoms with van der Waals surface area (Å²) >= 11 is 1.37. The molecule has 0 saturated heterocycles. The van der Waals surface area contributed by atoms with Gasteiger partial charge in [0.15, 0.2) is 5.69 Å². The second-order valence-electron chi connectivity index (χ2n) is 3.72. The number of phenolic OH excluding ortho intramolecular Hbond substituents is 1. The number of nitrogens with one attached hydrogen (secondary N) is 1. The summed E-state index contributed by atoms with van der Waals surface area (Å²) in [5, 5.41) is 20.5. The van der Waals surface area contributed by atoms with Gasteiger partial charge in [-0.2, -0.15) is 0 Å². The van der Waals surface area contributed by atoms with E-state index in [0.29, 0.717) is 17.3 Å². The molecule has 1 aromatic carbocycles. The van der Waals surface area contributed by atoms with E-state index in [4.69, 9.17) is 0 Å². The SMILES string of the molecule is CCNC(=O)c1ccc(Sc2cccc(O)c2)nn1. The van der Waals surface area contributed by atoms with Gasteiger partial charge in [0.05, 0.1) is 0 Å². The third-order valence-electron chi connectivity index (χ3n) is 2.25. The van der Waals surface area contributed by atoms with Crippen molar-refractivity contribution in [3.63, 3.8) is 0 Å². The number of hydrogen-bond acceptors (Lipinski definition) is 5. The first kappa shape index (κ1) is 13.4. The van der Waals surface area contributed by atoms with E-state index in [1.54, 1.807) is 30.3 Å². The van der Waals surface area contributed by atoms with Crippen molar-refractivity contribution in [1.29, 1.82) is 0 Å². The molecule has 0 aliphatic carbocycles. The molecule has 0 unspecified atom stereocenters. The molecule has 0 bridgehead atoms. The fraction of sp³-hybridized carbons (Fsp3) is 0.154. The molecule has 1 aromatic heterocycles. The van der Waals surface area contributed by atoms with Crippen LogP contribution in [0.15, 0.2) is 46.3 Å². The molecule has 2 rings (SSSR count). The molecule has 0 aliphatic heterocycles. The van der Waals surface area contributed by atoms with Gasteiger partial charge in [-0.25, -0.2) is 0 Å². The molecule has 1 heterocycles. The maximum absolute atomic E-state index is 11.5. The summed E-state index contributed by atoms with van der Waals surface area (Å²) in [6.07, 6.45) is 0. The Kier molecular flexibility index (Phi) is 4.35. The fourth-order valence-electron chi connectivity index (χ4n) is 1.41. The van der Waals surface area contributed by atoms with Crippen LogP contribution in [0.4, 0.5) is 0 Å². The van der Waals surface area contributed by atoms with Crippen LogP contribution in [0, 0.1) is 0 Å². The van der Waals surface area contributed by atoms with Gasteiger partial charge < -0.3 is 10.4 Å². The van der Waals surface area contributed by atoms with E-state index in [-0.39, 0.29) is 11.7 Å². The van der Waals surface area contributed by atoms with Crippen molar-refractivity contribution in [2.75, 3.05) is 6.54 Å². The van der Waals surface area contributed by atoms with Crippen LogP contribution < -0.4 is 5.32 Å². The van der Waals surface area contributed by atoms with Crippen LogP contribution >= 0.6 is 11.8 Å². The van der Waals surface area contributed by atoms with Gasteiger partial charge in [0.2, 0.25) is 0 Å². The Bertz CT molecular complexity index is 572. The van der Waals surface area contributed by atoms with Gasteiger partial charge in [0, 0.05) is 11.4 Å². The predicted molar refractivity (Wildman–Crippen MR) is 72.3 cm³/mol. The van der Waals surface area contributed by atoms with Gasteiger partial charge in [-0.15, -0.1) is 10.2 Å². The maximum atomic E-state index is 11.5. The molecule has 1 amide bonds. The normalized spacial score (nSPS) is 10.2. The topological polar surface area (TPSA) is 75.1 Å². The van der Waals surface area contributed by atoms with Crippen LogP contribution in [0.2, 0.25) is 0 Å². The molecule has 5 nitrogen and oxygen atoms in total. The Morgan fingerprint density at radius 1 is 1.32 bits per heavy atom. The molecule has 19 heavy (non-hydrogen) atoms. The quantitative estimate of drug-likeness (QED) is 0.893. The fourth-order valence-corrected chi connectivity index (χ4v) is 2.20. The molecule has 0 radical (unpaired) electrons. The van der Waals surface area contributed by atoms with E-state index in [9.17, 15) is 9.90 Å². The molecule has 0 aliphatic rings. The summed E-state index contributed by atoms with van der Waals surface area (Å²) in [7, 11) is 0. The number of rotatable bonds is 4.